The number of hydrogen-bond acceptors (Lipinski definition) is 7. The minimum absolute atomic E-state index is 0.0878. The number of hydrogen-bond donors (Lipinski definition) is 4. The van der Waals surface area contributed by atoms with E-state index in [1.54, 1.807) is 20.8 Å². The fourth-order valence-corrected chi connectivity index (χ4v) is 6.82. The van der Waals surface area contributed by atoms with Crippen LogP contribution < -0.4 is 16.1 Å². The van der Waals surface area contributed by atoms with Crippen molar-refractivity contribution in [1.29, 1.82) is 0 Å². The fraction of sp³-hybridized carbons (Fsp3) is 0.425. The molecule has 3 amide bonds. The lowest BCUT2D eigenvalue weighted by molar-refractivity contribution is -0.155. The number of carboxylic acid groups (broad SMARTS) is 1. The van der Waals surface area contributed by atoms with Gasteiger partial charge < -0.3 is 25.2 Å². The zero-order valence-electron chi connectivity index (χ0n) is 29.5. The summed E-state index contributed by atoms with van der Waals surface area (Å²) in [5.74, 6) is -1.63. The average molecular weight is 697 g/mol. The van der Waals surface area contributed by atoms with Crippen LogP contribution in [0.2, 0.25) is 0 Å². The highest BCUT2D eigenvalue weighted by Gasteiger charge is 2.31. The van der Waals surface area contributed by atoms with Crippen LogP contribution in [0.1, 0.15) is 81.9 Å². The number of ether oxygens (including phenoxy) is 2. The van der Waals surface area contributed by atoms with Crippen molar-refractivity contribution in [2.75, 3.05) is 13.2 Å². The number of amides is 3. The Bertz CT molecular complexity index is 1670. The number of aliphatic carboxylic acids is 1. The molecular weight excluding hydrogens is 648 g/mol. The smallest absolute Gasteiger partial charge is 0.407 e. The Labute approximate surface area is 299 Å². The zero-order chi connectivity index (χ0) is 36.4. The summed E-state index contributed by atoms with van der Waals surface area (Å²) in [4.78, 5) is 50.9. The van der Waals surface area contributed by atoms with Crippen LogP contribution in [0.3, 0.4) is 0 Å². The van der Waals surface area contributed by atoms with E-state index in [-0.39, 0.29) is 30.8 Å². The largest absolute Gasteiger partial charge is 0.481 e. The van der Waals surface area contributed by atoms with E-state index in [2.05, 4.69) is 33.3 Å². The van der Waals surface area contributed by atoms with E-state index in [0.29, 0.717) is 50.8 Å². The quantitative estimate of drug-likeness (QED) is 0.0870. The monoisotopic (exact) mass is 696 g/mol. The first-order valence-electron chi connectivity index (χ1n) is 17.7. The highest BCUT2D eigenvalue weighted by Crippen LogP contribution is 2.44. The lowest BCUT2D eigenvalue weighted by Gasteiger charge is -2.26. The van der Waals surface area contributed by atoms with E-state index in [1.165, 1.54) is 0 Å². The molecule has 1 atom stereocenters. The number of carbonyl (C=O) groups is 4. The first kappa shape index (κ1) is 37.1. The third-order valence-corrected chi connectivity index (χ3v) is 9.39. The van der Waals surface area contributed by atoms with Crippen LogP contribution in [-0.2, 0) is 25.5 Å². The number of benzene rings is 3. The van der Waals surface area contributed by atoms with Crippen molar-refractivity contribution < 1.29 is 33.8 Å². The van der Waals surface area contributed by atoms with E-state index in [9.17, 15) is 24.3 Å². The van der Waals surface area contributed by atoms with E-state index < -0.39 is 35.7 Å². The zero-order valence-corrected chi connectivity index (χ0v) is 29.5. The van der Waals surface area contributed by atoms with Gasteiger partial charge in [-0.25, -0.2) is 15.0 Å². The van der Waals surface area contributed by atoms with Gasteiger partial charge in [-0.05, 0) is 93.0 Å². The molecule has 11 heteroatoms. The summed E-state index contributed by atoms with van der Waals surface area (Å²) < 4.78 is 11.4. The Kier molecular flexibility index (Phi) is 12.5. The van der Waals surface area contributed by atoms with Gasteiger partial charge in [0.15, 0.2) is 0 Å². The maximum atomic E-state index is 13.5. The summed E-state index contributed by atoms with van der Waals surface area (Å²) in [5, 5.41) is 19.4. The molecular formula is C40H48N4O7. The van der Waals surface area contributed by atoms with Crippen LogP contribution in [0.5, 0.6) is 0 Å². The molecule has 1 fully saturated rings. The molecule has 0 unspecified atom stereocenters. The SMILES string of the molecule is CC(C)(C)OC(=O)C[C@H](NC(=O)OCC1c2ccccc2-c2ccccc21)/C(CCc1ccccc1)=N/NC(=O)NCC1CCC(C(=O)O)CC1. The van der Waals surface area contributed by atoms with Crippen molar-refractivity contribution in [3.8, 4) is 11.1 Å². The summed E-state index contributed by atoms with van der Waals surface area (Å²) in [7, 11) is 0. The minimum Gasteiger partial charge on any atom is -0.481 e. The maximum absolute atomic E-state index is 13.5. The molecule has 4 N–H and O–H groups in total. The summed E-state index contributed by atoms with van der Waals surface area (Å²) in [6.45, 7) is 5.77. The molecule has 0 aromatic heterocycles. The normalized spacial score (nSPS) is 17.7. The van der Waals surface area contributed by atoms with Crippen LogP contribution in [0.15, 0.2) is 84.0 Å². The first-order valence-corrected chi connectivity index (χ1v) is 17.7. The van der Waals surface area contributed by atoms with Gasteiger partial charge in [-0.2, -0.15) is 5.10 Å². The Morgan fingerprint density at radius 3 is 2.08 bits per heavy atom. The lowest BCUT2D eigenvalue weighted by Crippen LogP contribution is -2.45. The molecule has 51 heavy (non-hydrogen) atoms. The number of aryl methyl sites for hydroxylation is 1. The molecule has 3 aromatic rings. The summed E-state index contributed by atoms with van der Waals surface area (Å²) >= 11 is 0. The lowest BCUT2D eigenvalue weighted by atomic mass is 9.82. The van der Waals surface area contributed by atoms with Crippen LogP contribution in [0.4, 0.5) is 9.59 Å². The molecule has 2 aliphatic carbocycles. The van der Waals surface area contributed by atoms with Crippen molar-refractivity contribution in [2.24, 2.45) is 16.9 Å². The molecule has 270 valence electrons. The van der Waals surface area contributed by atoms with Gasteiger partial charge in [0, 0.05) is 12.5 Å². The fourth-order valence-electron chi connectivity index (χ4n) is 6.82. The average Bonchev–Trinajstić information content (AvgIpc) is 3.43. The third-order valence-electron chi connectivity index (χ3n) is 9.39. The van der Waals surface area contributed by atoms with E-state index in [1.807, 2.05) is 66.7 Å². The van der Waals surface area contributed by atoms with Crippen LogP contribution in [-0.4, -0.2) is 59.7 Å². The second-order valence-electron chi connectivity index (χ2n) is 14.3. The molecule has 2 aliphatic rings. The molecule has 0 radical (unpaired) electrons. The number of carboxylic acids is 1. The number of hydrazone groups is 1. The molecule has 0 heterocycles. The topological polar surface area (TPSA) is 155 Å². The van der Waals surface area contributed by atoms with Crippen LogP contribution in [0.25, 0.3) is 11.1 Å². The van der Waals surface area contributed by atoms with Crippen molar-refractivity contribution in [2.45, 2.75) is 83.3 Å². The molecule has 11 nitrogen and oxygen atoms in total. The number of esters is 1. The molecule has 0 aliphatic heterocycles. The Morgan fingerprint density at radius 1 is 0.863 bits per heavy atom. The van der Waals surface area contributed by atoms with Gasteiger partial charge >= 0.3 is 24.1 Å². The molecule has 0 spiro atoms. The van der Waals surface area contributed by atoms with Crippen LogP contribution >= 0.6 is 0 Å². The first-order chi connectivity index (χ1) is 24.5. The predicted molar refractivity (Wildman–Crippen MR) is 194 cm³/mol. The van der Waals surface area contributed by atoms with Crippen molar-refractivity contribution in [3.63, 3.8) is 0 Å². The Morgan fingerprint density at radius 2 is 1.47 bits per heavy atom. The Balaban J connectivity index is 1.30. The summed E-state index contributed by atoms with van der Waals surface area (Å²) in [5.41, 5.74) is 7.56. The van der Waals surface area contributed by atoms with Crippen molar-refractivity contribution in [3.05, 3.63) is 95.6 Å². The molecule has 5 rings (SSSR count). The molecule has 0 bridgehead atoms. The van der Waals surface area contributed by atoms with E-state index in [4.69, 9.17) is 9.47 Å². The number of rotatable bonds is 13. The maximum Gasteiger partial charge on any atom is 0.407 e. The second kappa shape index (κ2) is 17.2. The number of alkyl carbamates (subject to hydrolysis) is 1. The van der Waals surface area contributed by atoms with Gasteiger partial charge in [-0.3, -0.25) is 9.59 Å². The van der Waals surface area contributed by atoms with Crippen molar-refractivity contribution in [1.82, 2.24) is 16.1 Å². The van der Waals surface area contributed by atoms with Gasteiger partial charge in [-0.1, -0.05) is 78.9 Å². The van der Waals surface area contributed by atoms with Gasteiger partial charge in [0.2, 0.25) is 0 Å². The number of nitrogens with one attached hydrogen (secondary N) is 3. The third kappa shape index (κ3) is 10.7. The summed E-state index contributed by atoms with van der Waals surface area (Å²) in [6, 6.07) is 24.4. The molecule has 0 saturated heterocycles. The molecule has 3 aromatic carbocycles. The number of nitrogens with zero attached hydrogens (tertiary/aromatic N) is 1. The highest BCUT2D eigenvalue weighted by molar-refractivity contribution is 5.95. The van der Waals surface area contributed by atoms with Gasteiger partial charge in [0.1, 0.15) is 12.2 Å². The summed E-state index contributed by atoms with van der Waals surface area (Å²) in [6.07, 6.45) is 2.49. The second-order valence-corrected chi connectivity index (χ2v) is 14.3. The molecule has 1 saturated carbocycles. The van der Waals surface area contributed by atoms with Gasteiger partial charge in [0.25, 0.3) is 0 Å². The van der Waals surface area contributed by atoms with E-state index >= 15 is 0 Å². The van der Waals surface area contributed by atoms with Gasteiger partial charge in [-0.15, -0.1) is 0 Å². The van der Waals surface area contributed by atoms with Gasteiger partial charge in [0.05, 0.1) is 24.1 Å². The highest BCUT2D eigenvalue weighted by atomic mass is 16.6. The van der Waals surface area contributed by atoms with Crippen molar-refractivity contribution >= 4 is 29.8 Å². The number of urea groups is 1. The number of carbonyl (C=O) groups excluding carboxylic acids is 3. The minimum atomic E-state index is -0.939. The predicted octanol–water partition coefficient (Wildman–Crippen LogP) is 6.80. The van der Waals surface area contributed by atoms with Crippen LogP contribution in [0, 0.1) is 11.8 Å². The number of fused-ring (bicyclic) bond motifs is 3. The Hall–Kier alpha value is -5.19. The standard InChI is InChI=1S/C40H48N4O7/c1-40(2,3)51-36(45)23-35(42-39(49)50-25-33-31-15-9-7-13-29(31)30-14-8-10-16-32(30)33)34(22-19-26-11-5-4-6-12-26)43-44-38(48)41-24-27-17-20-28(21-18-27)37(46)47/h4-16,27-28,33,35H,17-25H2,1-3H3,(H,42,49)(H,46,47)(H2,41,44,48)/b43-34+/t27?,28?,35-/m0/s1. The van der Waals surface area contributed by atoms with E-state index in [0.717, 1.165) is 27.8 Å².